The molecule has 0 radical (unpaired) electrons. The van der Waals surface area contributed by atoms with Crippen molar-refractivity contribution in [2.45, 2.75) is 30.8 Å². The smallest absolute Gasteiger partial charge is 0.225 e. The van der Waals surface area contributed by atoms with Crippen LogP contribution >= 0.6 is 0 Å². The lowest BCUT2D eigenvalue weighted by Gasteiger charge is -2.31. The Bertz CT molecular complexity index is 1160. The second-order valence-electron chi connectivity index (χ2n) is 9.10. The molecule has 1 aromatic carbocycles. The molecule has 9 nitrogen and oxygen atoms in total. The molecule has 0 amide bonds. The van der Waals surface area contributed by atoms with Crippen molar-refractivity contribution in [1.29, 1.82) is 0 Å². The lowest BCUT2D eigenvalue weighted by atomic mass is 9.85. The lowest BCUT2D eigenvalue weighted by molar-refractivity contribution is 0.310. The Morgan fingerprint density at radius 1 is 1.18 bits per heavy atom. The van der Waals surface area contributed by atoms with Gasteiger partial charge in [-0.05, 0) is 44.5 Å². The van der Waals surface area contributed by atoms with Crippen molar-refractivity contribution in [2.24, 2.45) is 17.2 Å². The quantitative estimate of drug-likeness (QED) is 0.411. The molecule has 2 atom stereocenters. The summed E-state index contributed by atoms with van der Waals surface area (Å²) in [6.45, 7) is 2.90. The zero-order valence-corrected chi connectivity index (χ0v) is 19.7. The molecule has 1 saturated carbocycles. The van der Waals surface area contributed by atoms with Crippen LogP contribution in [0.15, 0.2) is 54.0 Å². The molecule has 2 aromatic rings. The summed E-state index contributed by atoms with van der Waals surface area (Å²) >= 11 is 0. The van der Waals surface area contributed by atoms with Crippen LogP contribution in [0.4, 0.5) is 4.39 Å². The van der Waals surface area contributed by atoms with Crippen molar-refractivity contribution >= 4 is 10.9 Å². The van der Waals surface area contributed by atoms with Crippen LogP contribution in [0, 0.1) is 0 Å². The van der Waals surface area contributed by atoms with Crippen LogP contribution in [0.25, 0.3) is 10.9 Å². The van der Waals surface area contributed by atoms with E-state index in [1.165, 1.54) is 19.5 Å². The van der Waals surface area contributed by atoms with Gasteiger partial charge in [-0.25, -0.2) is 14.4 Å². The molecular formula is C24H31FN6O3. The number of fused-ring (bicyclic) bond motifs is 2. The summed E-state index contributed by atoms with van der Waals surface area (Å²) in [5, 5.41) is 0.561. The number of likely N-dealkylation sites (tertiary alicyclic amines) is 1. The number of nitrogens with two attached hydrogens (primary N) is 3. The summed E-state index contributed by atoms with van der Waals surface area (Å²) in [7, 11) is 3.57. The van der Waals surface area contributed by atoms with Crippen molar-refractivity contribution in [2.75, 3.05) is 33.9 Å². The summed E-state index contributed by atoms with van der Waals surface area (Å²) in [5.41, 5.74) is 19.9. The third kappa shape index (κ3) is 4.56. The Morgan fingerprint density at radius 3 is 2.53 bits per heavy atom. The van der Waals surface area contributed by atoms with Gasteiger partial charge in [-0.3, -0.25) is 0 Å². The minimum absolute atomic E-state index is 0.221. The molecule has 0 bridgehead atoms. The number of hydrogen-bond acceptors (Lipinski definition) is 9. The van der Waals surface area contributed by atoms with E-state index >= 15 is 0 Å². The van der Waals surface area contributed by atoms with E-state index in [0.29, 0.717) is 40.9 Å². The SMILES string of the molecule is C/C=C(N)\C=C(\F)COc1ncnc2cc(OC=C3CC4(N)CN(C)CC4(N)C3)c(OC)cc12. The van der Waals surface area contributed by atoms with Gasteiger partial charge in [0.05, 0.1) is 35.4 Å². The molecule has 1 saturated heterocycles. The summed E-state index contributed by atoms with van der Waals surface area (Å²) in [5.74, 6) is 0.633. The zero-order chi connectivity index (χ0) is 24.5. The Hall–Kier alpha value is -3.21. The highest BCUT2D eigenvalue weighted by molar-refractivity contribution is 5.86. The van der Waals surface area contributed by atoms with Crippen LogP contribution in [0.2, 0.25) is 0 Å². The first-order valence-corrected chi connectivity index (χ1v) is 11.0. The van der Waals surface area contributed by atoms with Gasteiger partial charge in [0.2, 0.25) is 5.88 Å². The monoisotopic (exact) mass is 470 g/mol. The van der Waals surface area contributed by atoms with Gasteiger partial charge in [0.25, 0.3) is 0 Å². The molecule has 1 aliphatic heterocycles. The van der Waals surface area contributed by atoms with Crippen LogP contribution in [0.1, 0.15) is 19.8 Å². The van der Waals surface area contributed by atoms with Crippen LogP contribution in [0.3, 0.4) is 0 Å². The highest BCUT2D eigenvalue weighted by atomic mass is 19.1. The summed E-state index contributed by atoms with van der Waals surface area (Å²) in [4.78, 5) is 10.6. The highest BCUT2D eigenvalue weighted by Gasteiger charge is 2.57. The fourth-order valence-electron chi connectivity index (χ4n) is 4.75. The number of allylic oxidation sites excluding steroid dienone is 2. The van der Waals surface area contributed by atoms with Gasteiger partial charge in [-0.15, -0.1) is 0 Å². The molecule has 1 aromatic heterocycles. The third-order valence-corrected chi connectivity index (χ3v) is 6.42. The first kappa shape index (κ1) is 23.9. The molecule has 4 rings (SSSR count). The van der Waals surface area contributed by atoms with E-state index in [1.807, 2.05) is 7.05 Å². The molecule has 6 N–H and O–H groups in total. The Balaban J connectivity index is 1.55. The number of halogens is 1. The number of likely N-dealkylation sites (N-methyl/N-ethyl adjacent to an activating group) is 1. The molecular weight excluding hydrogens is 439 g/mol. The van der Waals surface area contributed by atoms with Crippen LogP contribution in [-0.2, 0) is 0 Å². The van der Waals surface area contributed by atoms with Gasteiger partial charge < -0.3 is 36.3 Å². The van der Waals surface area contributed by atoms with Crippen LogP contribution < -0.4 is 31.4 Å². The minimum atomic E-state index is -0.524. The topological polar surface area (TPSA) is 135 Å². The lowest BCUT2D eigenvalue weighted by Crippen LogP contribution is -2.61. The van der Waals surface area contributed by atoms with Gasteiger partial charge in [0.15, 0.2) is 11.5 Å². The molecule has 2 heterocycles. The second-order valence-corrected chi connectivity index (χ2v) is 9.10. The molecule has 2 aliphatic rings. The maximum absolute atomic E-state index is 14.0. The summed E-state index contributed by atoms with van der Waals surface area (Å²) in [6.07, 6.45) is 7.18. The van der Waals surface area contributed by atoms with Gasteiger partial charge >= 0.3 is 0 Å². The van der Waals surface area contributed by atoms with E-state index in [-0.39, 0.29) is 12.5 Å². The predicted molar refractivity (Wildman–Crippen MR) is 128 cm³/mol. The Morgan fingerprint density at radius 2 is 1.88 bits per heavy atom. The highest BCUT2D eigenvalue weighted by Crippen LogP contribution is 2.44. The van der Waals surface area contributed by atoms with Crippen molar-refractivity contribution < 1.29 is 18.6 Å². The average Bonchev–Trinajstić information content (AvgIpc) is 3.16. The third-order valence-electron chi connectivity index (χ3n) is 6.42. The van der Waals surface area contributed by atoms with Crippen molar-refractivity contribution in [3.05, 3.63) is 54.0 Å². The number of benzene rings is 1. The average molecular weight is 471 g/mol. The summed E-state index contributed by atoms with van der Waals surface area (Å²) < 4.78 is 31.1. The largest absolute Gasteiger partial charge is 0.493 e. The first-order chi connectivity index (χ1) is 16.2. The van der Waals surface area contributed by atoms with E-state index < -0.39 is 16.9 Å². The number of hydrogen-bond donors (Lipinski definition) is 3. The maximum Gasteiger partial charge on any atom is 0.225 e. The van der Waals surface area contributed by atoms with E-state index in [9.17, 15) is 4.39 Å². The van der Waals surface area contributed by atoms with Crippen molar-refractivity contribution in [1.82, 2.24) is 14.9 Å². The van der Waals surface area contributed by atoms with E-state index in [0.717, 1.165) is 18.7 Å². The van der Waals surface area contributed by atoms with Gasteiger partial charge in [0, 0.05) is 24.9 Å². The van der Waals surface area contributed by atoms with Gasteiger partial charge in [0.1, 0.15) is 18.8 Å². The second kappa shape index (κ2) is 9.21. The molecule has 1 aliphatic carbocycles. The Kier molecular flexibility index (Phi) is 6.48. The molecule has 2 fully saturated rings. The normalized spacial score (nSPS) is 25.5. The standard InChI is InChI=1S/C24H31FN6O3/c1-4-17(26)5-16(25)11-34-22-18-6-20(32-3)21(7-19(18)29-14-30-22)33-10-15-8-23(27)12-31(2)13-24(23,28)9-15/h4-7,10,14H,8-9,11-13,26-28H2,1-3H3/b15-10?,16-5+,17-4+. The van der Waals surface area contributed by atoms with Crippen molar-refractivity contribution in [3.8, 4) is 17.4 Å². The minimum Gasteiger partial charge on any atom is -0.493 e. The summed E-state index contributed by atoms with van der Waals surface area (Å²) in [6, 6.07) is 3.43. The molecule has 2 unspecified atom stereocenters. The van der Waals surface area contributed by atoms with Gasteiger partial charge in [-0.1, -0.05) is 6.08 Å². The molecule has 34 heavy (non-hydrogen) atoms. The van der Waals surface area contributed by atoms with Gasteiger partial charge in [-0.2, -0.15) is 0 Å². The Labute approximate surface area is 198 Å². The molecule has 182 valence electrons. The van der Waals surface area contributed by atoms with E-state index in [4.69, 9.17) is 31.4 Å². The predicted octanol–water partition coefficient (Wildman–Crippen LogP) is 2.13. The zero-order valence-electron chi connectivity index (χ0n) is 19.7. The van der Waals surface area contributed by atoms with E-state index in [1.54, 1.807) is 31.4 Å². The number of ether oxygens (including phenoxy) is 3. The molecule has 0 spiro atoms. The fraction of sp³-hybridized carbons (Fsp3) is 0.417. The molecule has 10 heteroatoms. The van der Waals surface area contributed by atoms with Crippen molar-refractivity contribution in [3.63, 3.8) is 0 Å². The maximum atomic E-state index is 14.0. The van der Waals surface area contributed by atoms with Crippen LogP contribution in [0.5, 0.6) is 17.4 Å². The number of aromatic nitrogens is 2. The fourth-order valence-corrected chi connectivity index (χ4v) is 4.75. The number of rotatable bonds is 7. The van der Waals surface area contributed by atoms with Crippen LogP contribution in [-0.4, -0.2) is 59.8 Å². The number of methoxy groups -OCH3 is 1. The van der Waals surface area contributed by atoms with E-state index in [2.05, 4.69) is 14.9 Å². The number of nitrogens with zero attached hydrogens (tertiary/aromatic N) is 3. The first-order valence-electron chi connectivity index (χ1n) is 11.0.